The molecular formula is C32H20O4. The highest BCUT2D eigenvalue weighted by Crippen LogP contribution is 2.52. The van der Waals surface area contributed by atoms with Gasteiger partial charge in [0.2, 0.25) is 0 Å². The van der Waals surface area contributed by atoms with Crippen LogP contribution in [0.25, 0.3) is 22.8 Å². The molecule has 0 radical (unpaired) electrons. The topological polar surface area (TPSA) is 68.3 Å². The van der Waals surface area contributed by atoms with Crippen LogP contribution in [0.1, 0.15) is 69.6 Å². The monoisotopic (exact) mass is 468 g/mol. The van der Waals surface area contributed by atoms with Gasteiger partial charge in [0, 0.05) is 28.2 Å². The van der Waals surface area contributed by atoms with Crippen LogP contribution >= 0.6 is 0 Å². The van der Waals surface area contributed by atoms with Gasteiger partial charge in [-0.1, -0.05) is 42.5 Å². The molecule has 3 aromatic rings. The van der Waals surface area contributed by atoms with Crippen LogP contribution in [0.2, 0.25) is 0 Å². The SMILES string of the molecule is O=Cc1cc(C=O)cc(C2=CC=C3C=Cc4c(-c5cc(C=O)cc(C=O)c5)ccc5c4C3C2=CC5)c1. The largest absolute Gasteiger partial charge is 0.298 e. The van der Waals surface area contributed by atoms with Crippen molar-refractivity contribution in [1.82, 2.24) is 0 Å². The van der Waals surface area contributed by atoms with E-state index in [1.54, 1.807) is 12.1 Å². The summed E-state index contributed by atoms with van der Waals surface area (Å²) in [6.45, 7) is 0. The number of benzene rings is 3. The van der Waals surface area contributed by atoms with Crippen LogP contribution in [0.15, 0.2) is 84.0 Å². The molecule has 172 valence electrons. The molecule has 0 spiro atoms. The van der Waals surface area contributed by atoms with E-state index >= 15 is 0 Å². The Morgan fingerprint density at radius 3 is 1.89 bits per heavy atom. The Balaban J connectivity index is 1.52. The van der Waals surface area contributed by atoms with E-state index in [1.807, 2.05) is 24.3 Å². The smallest absolute Gasteiger partial charge is 0.150 e. The molecule has 0 saturated carbocycles. The van der Waals surface area contributed by atoms with Gasteiger partial charge in [0.1, 0.15) is 25.1 Å². The first kappa shape index (κ1) is 21.8. The third-order valence-corrected chi connectivity index (χ3v) is 7.17. The summed E-state index contributed by atoms with van der Waals surface area (Å²) in [6.07, 6.45) is 14.4. The second-order valence-electron chi connectivity index (χ2n) is 9.22. The number of aldehydes is 4. The van der Waals surface area contributed by atoms with Gasteiger partial charge in [-0.15, -0.1) is 0 Å². The van der Waals surface area contributed by atoms with Crippen molar-refractivity contribution in [2.75, 3.05) is 0 Å². The molecule has 0 N–H and O–H groups in total. The molecular weight excluding hydrogens is 448 g/mol. The molecule has 3 aliphatic rings. The Morgan fingerprint density at radius 1 is 0.667 bits per heavy atom. The van der Waals surface area contributed by atoms with Crippen molar-refractivity contribution in [3.63, 3.8) is 0 Å². The maximum absolute atomic E-state index is 11.5. The first-order chi connectivity index (χ1) is 17.6. The van der Waals surface area contributed by atoms with Gasteiger partial charge >= 0.3 is 0 Å². The molecule has 0 heterocycles. The summed E-state index contributed by atoms with van der Waals surface area (Å²) in [7, 11) is 0. The third-order valence-electron chi connectivity index (χ3n) is 7.17. The van der Waals surface area contributed by atoms with Crippen LogP contribution in [0.5, 0.6) is 0 Å². The quantitative estimate of drug-likeness (QED) is 0.403. The van der Waals surface area contributed by atoms with E-state index in [-0.39, 0.29) is 5.92 Å². The van der Waals surface area contributed by atoms with Gasteiger partial charge in [-0.3, -0.25) is 19.2 Å². The van der Waals surface area contributed by atoms with E-state index < -0.39 is 0 Å². The van der Waals surface area contributed by atoms with Gasteiger partial charge in [0.05, 0.1) is 0 Å². The van der Waals surface area contributed by atoms with Gasteiger partial charge in [0.15, 0.2) is 0 Å². The van der Waals surface area contributed by atoms with Crippen molar-refractivity contribution in [3.05, 3.63) is 128 Å². The summed E-state index contributed by atoms with van der Waals surface area (Å²) in [6, 6.07) is 14.6. The van der Waals surface area contributed by atoms with E-state index in [4.69, 9.17) is 0 Å². The van der Waals surface area contributed by atoms with Crippen LogP contribution in [0.3, 0.4) is 0 Å². The zero-order valence-electron chi connectivity index (χ0n) is 19.2. The van der Waals surface area contributed by atoms with E-state index in [9.17, 15) is 19.2 Å². The predicted molar refractivity (Wildman–Crippen MR) is 139 cm³/mol. The van der Waals surface area contributed by atoms with E-state index in [0.29, 0.717) is 22.3 Å². The lowest BCUT2D eigenvalue weighted by atomic mass is 9.67. The first-order valence-electron chi connectivity index (χ1n) is 11.7. The molecule has 0 aromatic heterocycles. The zero-order valence-corrected chi connectivity index (χ0v) is 19.2. The van der Waals surface area contributed by atoms with Gasteiger partial charge in [0.25, 0.3) is 0 Å². The molecule has 0 saturated heterocycles. The summed E-state index contributed by atoms with van der Waals surface area (Å²) < 4.78 is 0. The number of hydrogen-bond donors (Lipinski definition) is 0. The molecule has 36 heavy (non-hydrogen) atoms. The molecule has 1 atom stereocenters. The fraction of sp³-hybridized carbons (Fsp3) is 0.0625. The van der Waals surface area contributed by atoms with Gasteiger partial charge in [-0.05, 0) is 92.9 Å². The average Bonchev–Trinajstić information content (AvgIpc) is 2.94. The molecule has 3 aromatic carbocycles. The minimum absolute atomic E-state index is 0.0214. The predicted octanol–water partition coefficient (Wildman–Crippen LogP) is 6.22. The van der Waals surface area contributed by atoms with Crippen LogP contribution in [0.4, 0.5) is 0 Å². The maximum atomic E-state index is 11.5. The summed E-state index contributed by atoms with van der Waals surface area (Å²) in [5, 5.41) is 0. The molecule has 0 aliphatic heterocycles. The number of hydrogen-bond acceptors (Lipinski definition) is 4. The highest BCUT2D eigenvalue weighted by atomic mass is 16.1. The number of carbonyl (C=O) groups is 4. The lowest BCUT2D eigenvalue weighted by Gasteiger charge is -2.36. The Morgan fingerprint density at radius 2 is 1.28 bits per heavy atom. The summed E-state index contributed by atoms with van der Waals surface area (Å²) >= 11 is 0. The Kier molecular flexibility index (Phi) is 5.15. The second kappa shape index (κ2) is 8.51. The normalized spacial score (nSPS) is 16.8. The molecule has 4 heteroatoms. The highest BCUT2D eigenvalue weighted by molar-refractivity contribution is 5.94. The Hall–Kier alpha value is -4.70. The molecule has 0 bridgehead atoms. The lowest BCUT2D eigenvalue weighted by Crippen LogP contribution is -2.20. The van der Waals surface area contributed by atoms with Crippen LogP contribution < -0.4 is 0 Å². The van der Waals surface area contributed by atoms with Gasteiger partial charge in [-0.2, -0.15) is 0 Å². The summed E-state index contributed by atoms with van der Waals surface area (Å²) in [5.41, 5.74) is 11.4. The minimum Gasteiger partial charge on any atom is -0.298 e. The van der Waals surface area contributed by atoms with Gasteiger partial charge < -0.3 is 0 Å². The molecule has 0 amide bonds. The van der Waals surface area contributed by atoms with Crippen LogP contribution in [-0.4, -0.2) is 25.1 Å². The van der Waals surface area contributed by atoms with Crippen molar-refractivity contribution in [3.8, 4) is 11.1 Å². The highest BCUT2D eigenvalue weighted by Gasteiger charge is 2.34. The van der Waals surface area contributed by atoms with Crippen LogP contribution in [-0.2, 0) is 6.42 Å². The second-order valence-corrected chi connectivity index (χ2v) is 9.22. The van der Waals surface area contributed by atoms with E-state index in [0.717, 1.165) is 65.0 Å². The number of allylic oxidation sites excluding steroid dienone is 7. The molecule has 1 unspecified atom stereocenters. The van der Waals surface area contributed by atoms with Crippen molar-refractivity contribution in [1.29, 1.82) is 0 Å². The van der Waals surface area contributed by atoms with Crippen molar-refractivity contribution < 1.29 is 19.2 Å². The van der Waals surface area contributed by atoms with E-state index in [2.05, 4.69) is 42.5 Å². The Bertz CT molecular complexity index is 1580. The minimum atomic E-state index is 0.0214. The average molecular weight is 469 g/mol. The van der Waals surface area contributed by atoms with Gasteiger partial charge in [-0.25, -0.2) is 0 Å². The summed E-state index contributed by atoms with van der Waals surface area (Å²) in [5.74, 6) is 0.0214. The first-order valence-corrected chi connectivity index (χ1v) is 11.7. The van der Waals surface area contributed by atoms with Crippen LogP contribution in [0, 0.1) is 0 Å². The standard InChI is InChI=1S/C32H20O4/c33-15-19-9-20(16-34)12-25(11-19)27-5-1-23-3-7-30-28(26-13-21(17-35)10-22(14-26)18-36)6-2-24-4-8-29(27)31(23)32(24)30/h1-3,5-18,31H,4H2. The van der Waals surface area contributed by atoms with Crippen molar-refractivity contribution in [2.45, 2.75) is 12.3 Å². The molecule has 6 rings (SSSR count). The molecule has 0 fully saturated rings. The fourth-order valence-corrected chi connectivity index (χ4v) is 5.64. The number of carbonyl (C=O) groups excluding carboxylic acids is 4. The van der Waals surface area contributed by atoms with Crippen molar-refractivity contribution in [2.24, 2.45) is 0 Å². The van der Waals surface area contributed by atoms with E-state index in [1.165, 1.54) is 16.7 Å². The summed E-state index contributed by atoms with van der Waals surface area (Å²) in [4.78, 5) is 46.0. The Labute approximate surface area is 208 Å². The number of rotatable bonds is 6. The zero-order chi connectivity index (χ0) is 24.8. The molecule has 3 aliphatic carbocycles. The molecule has 4 nitrogen and oxygen atoms in total. The maximum Gasteiger partial charge on any atom is 0.150 e. The third kappa shape index (κ3) is 3.38. The fourth-order valence-electron chi connectivity index (χ4n) is 5.64. The lowest BCUT2D eigenvalue weighted by molar-refractivity contribution is 0.111. The van der Waals surface area contributed by atoms with Crippen molar-refractivity contribution >= 4 is 36.8 Å².